The van der Waals surface area contributed by atoms with E-state index >= 15 is 0 Å². The number of nitro benzene ring substituents is 1. The van der Waals surface area contributed by atoms with Gasteiger partial charge < -0.3 is 15.4 Å². The molecule has 2 aromatic carbocycles. The van der Waals surface area contributed by atoms with Gasteiger partial charge in [-0.3, -0.25) is 19.8 Å². The Bertz CT molecular complexity index is 1240. The van der Waals surface area contributed by atoms with Gasteiger partial charge >= 0.3 is 12.0 Å². The number of allylic oxidation sites excluding steroid dienone is 1. The summed E-state index contributed by atoms with van der Waals surface area (Å²) in [5.41, 5.74) is 1.82. The minimum Gasteiger partial charge on any atom is -0.462 e. The number of ether oxygens (including phenoxy) is 1. The number of nitrogens with zero attached hydrogens (tertiary/aromatic N) is 2. The van der Waals surface area contributed by atoms with E-state index in [-0.39, 0.29) is 34.8 Å². The molecule has 2 N–H and O–H groups in total. The van der Waals surface area contributed by atoms with E-state index in [1.54, 1.807) is 31.2 Å². The second-order valence-corrected chi connectivity index (χ2v) is 9.43. The average Bonchev–Trinajstić information content (AvgIpc) is 2.85. The maximum atomic E-state index is 13.1. The van der Waals surface area contributed by atoms with Gasteiger partial charge in [0.1, 0.15) is 0 Å². The van der Waals surface area contributed by atoms with Crippen molar-refractivity contribution in [2.75, 3.05) is 18.5 Å². The molecule has 0 saturated carbocycles. The summed E-state index contributed by atoms with van der Waals surface area (Å²) >= 11 is 6.06. The third-order valence-corrected chi connectivity index (χ3v) is 6.03. The number of carbonyl (C=O) groups is 3. The van der Waals surface area contributed by atoms with E-state index in [1.807, 2.05) is 20.8 Å². The van der Waals surface area contributed by atoms with Crippen LogP contribution in [0.2, 0.25) is 5.02 Å². The molecule has 1 aliphatic rings. The first-order chi connectivity index (χ1) is 17.5. The molecule has 0 aliphatic carbocycles. The van der Waals surface area contributed by atoms with Crippen LogP contribution in [0.4, 0.5) is 16.2 Å². The van der Waals surface area contributed by atoms with Crippen molar-refractivity contribution in [3.8, 4) is 0 Å². The van der Waals surface area contributed by atoms with Gasteiger partial charge in [0.05, 0.1) is 33.7 Å². The largest absolute Gasteiger partial charge is 0.462 e. The fourth-order valence-electron chi connectivity index (χ4n) is 3.87. The quantitative estimate of drug-likeness (QED) is 0.253. The van der Waals surface area contributed by atoms with Crippen molar-refractivity contribution in [2.45, 2.75) is 40.2 Å². The molecule has 10 nitrogen and oxygen atoms in total. The number of rotatable bonds is 9. The molecule has 1 heterocycles. The van der Waals surface area contributed by atoms with Gasteiger partial charge in [0, 0.05) is 30.1 Å². The summed E-state index contributed by atoms with van der Waals surface area (Å²) in [6, 6.07) is 9.20. The third-order valence-electron chi connectivity index (χ3n) is 5.72. The van der Waals surface area contributed by atoms with Crippen LogP contribution in [0.1, 0.15) is 56.1 Å². The highest BCUT2D eigenvalue weighted by Gasteiger charge is 2.36. The Kier molecular flexibility index (Phi) is 8.88. The molecule has 1 aliphatic heterocycles. The summed E-state index contributed by atoms with van der Waals surface area (Å²) in [6.45, 7) is 8.27. The lowest BCUT2D eigenvalue weighted by Crippen LogP contribution is -2.48. The fourth-order valence-corrected chi connectivity index (χ4v) is 4.13. The number of esters is 1. The lowest BCUT2D eigenvalue weighted by Gasteiger charge is -2.35. The van der Waals surface area contributed by atoms with Crippen LogP contribution in [-0.4, -0.2) is 40.9 Å². The molecule has 0 radical (unpaired) electrons. The summed E-state index contributed by atoms with van der Waals surface area (Å²) in [6.07, 6.45) is 0.719. The average molecular weight is 529 g/mol. The molecule has 3 amide bonds. The predicted octanol–water partition coefficient (Wildman–Crippen LogP) is 5.45. The van der Waals surface area contributed by atoms with Crippen molar-refractivity contribution in [3.63, 3.8) is 0 Å². The van der Waals surface area contributed by atoms with Gasteiger partial charge in [-0.1, -0.05) is 44.5 Å². The standard InChI is InChI=1S/C26H29ClN4O6/c1-5-12-30-16(4)22(25(33)37-14-15(2)3)23(29-26(30)34)17-6-8-18(9-7-17)28-24(32)20-11-10-19(31(35)36)13-21(20)27/h6-11,13,15,23H,5,12,14H2,1-4H3,(H,28,32)(H,29,34). The fraction of sp³-hybridized carbons (Fsp3) is 0.346. The number of non-ortho nitro benzene ring substituents is 1. The number of benzene rings is 2. The first-order valence-corrected chi connectivity index (χ1v) is 12.2. The molecule has 2 aromatic rings. The highest BCUT2D eigenvalue weighted by Crippen LogP contribution is 2.32. The van der Waals surface area contributed by atoms with E-state index in [9.17, 15) is 24.5 Å². The van der Waals surface area contributed by atoms with Crippen LogP contribution in [0.5, 0.6) is 0 Å². The van der Waals surface area contributed by atoms with Crippen LogP contribution in [-0.2, 0) is 9.53 Å². The number of hydrogen-bond acceptors (Lipinski definition) is 6. The zero-order chi connectivity index (χ0) is 27.3. The highest BCUT2D eigenvalue weighted by molar-refractivity contribution is 6.34. The van der Waals surface area contributed by atoms with Gasteiger partial charge in [-0.05, 0) is 43.0 Å². The predicted molar refractivity (Wildman–Crippen MR) is 139 cm³/mol. The number of amides is 3. The normalized spacial score (nSPS) is 15.5. The topological polar surface area (TPSA) is 131 Å². The Morgan fingerprint density at radius 3 is 2.46 bits per heavy atom. The second kappa shape index (κ2) is 11.9. The first kappa shape index (κ1) is 27.7. The SMILES string of the molecule is CCCN1C(=O)NC(c2ccc(NC(=O)c3ccc([N+](=O)[O-])cc3Cl)cc2)C(C(=O)OCC(C)C)=C1C. The molecular weight excluding hydrogens is 500 g/mol. The van der Waals surface area contributed by atoms with Crippen LogP contribution in [0.15, 0.2) is 53.7 Å². The number of urea groups is 1. The molecule has 0 aromatic heterocycles. The van der Waals surface area contributed by atoms with Gasteiger partial charge in [-0.2, -0.15) is 0 Å². The molecule has 1 unspecified atom stereocenters. The molecule has 0 fully saturated rings. The zero-order valence-electron chi connectivity index (χ0n) is 21.0. The Labute approximate surface area is 219 Å². The first-order valence-electron chi connectivity index (χ1n) is 11.8. The van der Waals surface area contributed by atoms with E-state index in [1.165, 1.54) is 17.0 Å². The van der Waals surface area contributed by atoms with Crippen molar-refractivity contribution in [2.24, 2.45) is 5.92 Å². The van der Waals surface area contributed by atoms with Crippen molar-refractivity contribution in [3.05, 3.63) is 80.0 Å². The van der Waals surface area contributed by atoms with E-state index in [4.69, 9.17) is 16.3 Å². The van der Waals surface area contributed by atoms with Crippen LogP contribution in [0.25, 0.3) is 0 Å². The number of hydrogen-bond donors (Lipinski definition) is 2. The van der Waals surface area contributed by atoms with Gasteiger partial charge in [-0.15, -0.1) is 0 Å². The van der Waals surface area contributed by atoms with Crippen LogP contribution in [0.3, 0.4) is 0 Å². The Hall–Kier alpha value is -3.92. The lowest BCUT2D eigenvalue weighted by molar-refractivity contribution is -0.384. The second-order valence-electron chi connectivity index (χ2n) is 9.02. The highest BCUT2D eigenvalue weighted by atomic mass is 35.5. The summed E-state index contributed by atoms with van der Waals surface area (Å²) in [5.74, 6) is -0.884. The van der Waals surface area contributed by atoms with Crippen molar-refractivity contribution in [1.82, 2.24) is 10.2 Å². The van der Waals surface area contributed by atoms with E-state index < -0.39 is 22.8 Å². The summed E-state index contributed by atoms with van der Waals surface area (Å²) in [5, 5.41) is 16.4. The zero-order valence-corrected chi connectivity index (χ0v) is 21.8. The van der Waals surface area contributed by atoms with Crippen LogP contribution in [0, 0.1) is 16.0 Å². The minimum atomic E-state index is -0.728. The molecule has 1 atom stereocenters. The van der Waals surface area contributed by atoms with Gasteiger partial charge in [-0.25, -0.2) is 9.59 Å². The van der Waals surface area contributed by atoms with Crippen LogP contribution < -0.4 is 10.6 Å². The maximum absolute atomic E-state index is 13.1. The Morgan fingerprint density at radius 1 is 1.22 bits per heavy atom. The molecule has 0 bridgehead atoms. The smallest absolute Gasteiger partial charge is 0.338 e. The van der Waals surface area contributed by atoms with Gasteiger partial charge in [0.15, 0.2) is 0 Å². The third kappa shape index (κ3) is 6.45. The number of carbonyl (C=O) groups excluding carboxylic acids is 3. The number of nitro groups is 1. The van der Waals surface area contributed by atoms with Crippen molar-refractivity contribution in [1.29, 1.82) is 0 Å². The van der Waals surface area contributed by atoms with E-state index in [0.717, 1.165) is 12.5 Å². The van der Waals surface area contributed by atoms with Crippen molar-refractivity contribution < 1.29 is 24.0 Å². The molecule has 11 heteroatoms. The number of nitrogens with one attached hydrogen (secondary N) is 2. The van der Waals surface area contributed by atoms with Crippen LogP contribution >= 0.6 is 11.6 Å². The Balaban J connectivity index is 1.85. The molecule has 37 heavy (non-hydrogen) atoms. The molecule has 0 saturated heterocycles. The van der Waals surface area contributed by atoms with E-state index in [0.29, 0.717) is 29.1 Å². The molecule has 3 rings (SSSR count). The number of anilines is 1. The number of halogens is 1. The monoisotopic (exact) mass is 528 g/mol. The molecular formula is C26H29ClN4O6. The maximum Gasteiger partial charge on any atom is 0.338 e. The summed E-state index contributed by atoms with van der Waals surface area (Å²) in [4.78, 5) is 50.3. The van der Waals surface area contributed by atoms with Gasteiger partial charge in [0.25, 0.3) is 11.6 Å². The summed E-state index contributed by atoms with van der Waals surface area (Å²) in [7, 11) is 0. The van der Waals surface area contributed by atoms with Crippen molar-refractivity contribution >= 4 is 40.9 Å². The lowest BCUT2D eigenvalue weighted by atomic mass is 9.94. The van der Waals surface area contributed by atoms with E-state index in [2.05, 4.69) is 10.6 Å². The summed E-state index contributed by atoms with van der Waals surface area (Å²) < 4.78 is 5.50. The Morgan fingerprint density at radius 2 is 1.89 bits per heavy atom. The molecule has 196 valence electrons. The minimum absolute atomic E-state index is 0.0463. The molecule has 0 spiro atoms. The van der Waals surface area contributed by atoms with Gasteiger partial charge in [0.2, 0.25) is 0 Å².